The molecule has 2 aromatic carbocycles. The van der Waals surface area contributed by atoms with Crippen LogP contribution in [0.25, 0.3) is 0 Å². The fraction of sp³-hybridized carbons (Fsp3) is 0.520. The summed E-state index contributed by atoms with van der Waals surface area (Å²) in [5.41, 5.74) is 4.18. The van der Waals surface area contributed by atoms with Crippen molar-refractivity contribution >= 4 is 0 Å². The molecule has 2 nitrogen and oxygen atoms in total. The maximum atomic E-state index is 9.90. The monoisotopic (exact) mass is 365 g/mol. The molecule has 146 valence electrons. The van der Waals surface area contributed by atoms with Crippen LogP contribution in [0, 0.1) is 11.3 Å². The SMILES string of the molecule is CC(C)(C)[C@H](CO)c1cccc(C[C@@H]2CCCN(Cc3ccccc3)C2)c1. The Bertz CT molecular complexity index is 704. The van der Waals surface area contributed by atoms with Crippen LogP contribution < -0.4 is 0 Å². The Morgan fingerprint density at radius 3 is 2.48 bits per heavy atom. The average Bonchev–Trinajstić information content (AvgIpc) is 2.63. The maximum Gasteiger partial charge on any atom is 0.0504 e. The van der Waals surface area contributed by atoms with E-state index in [1.165, 1.54) is 42.6 Å². The standard InChI is InChI=1S/C25H35NO/c1-25(2,3)24(19-27)23-13-7-11-21(16-23)15-22-12-8-14-26(18-22)17-20-9-5-4-6-10-20/h4-7,9-11,13,16,22,24,27H,8,12,14-15,17-19H2,1-3H3/t22-,24+/m0/s1. The normalized spacial score (nSPS) is 19.8. The number of rotatable bonds is 6. The highest BCUT2D eigenvalue weighted by Crippen LogP contribution is 2.35. The lowest BCUT2D eigenvalue weighted by Crippen LogP contribution is -2.35. The van der Waals surface area contributed by atoms with Crippen molar-refractivity contribution < 1.29 is 5.11 Å². The smallest absolute Gasteiger partial charge is 0.0504 e. The highest BCUT2D eigenvalue weighted by molar-refractivity contribution is 5.28. The Kier molecular flexibility index (Phi) is 6.73. The second-order valence-electron chi connectivity index (χ2n) is 9.28. The van der Waals surface area contributed by atoms with Gasteiger partial charge in [-0.2, -0.15) is 0 Å². The zero-order valence-electron chi connectivity index (χ0n) is 17.2. The molecule has 1 aliphatic rings. The number of nitrogens with zero attached hydrogens (tertiary/aromatic N) is 1. The molecular weight excluding hydrogens is 330 g/mol. The summed E-state index contributed by atoms with van der Waals surface area (Å²) in [6.45, 7) is 10.3. The average molecular weight is 366 g/mol. The molecule has 2 aromatic rings. The number of aliphatic hydroxyl groups excluding tert-OH is 1. The van der Waals surface area contributed by atoms with Gasteiger partial charge in [0.1, 0.15) is 0 Å². The van der Waals surface area contributed by atoms with Gasteiger partial charge in [-0.3, -0.25) is 4.90 Å². The van der Waals surface area contributed by atoms with Gasteiger partial charge < -0.3 is 5.11 Å². The molecule has 27 heavy (non-hydrogen) atoms. The molecule has 1 saturated heterocycles. The van der Waals surface area contributed by atoms with Gasteiger partial charge in [0, 0.05) is 19.0 Å². The van der Waals surface area contributed by atoms with Gasteiger partial charge in [-0.05, 0) is 53.8 Å². The first-order chi connectivity index (χ1) is 13.0. The molecule has 0 amide bonds. The van der Waals surface area contributed by atoms with Crippen LogP contribution >= 0.6 is 0 Å². The third-order valence-electron chi connectivity index (χ3n) is 5.96. The predicted octanol–water partition coefficient (Wildman–Crippen LogP) is 5.26. The van der Waals surface area contributed by atoms with Crippen molar-refractivity contribution in [1.82, 2.24) is 4.90 Å². The fourth-order valence-electron chi connectivity index (χ4n) is 4.45. The first kappa shape index (κ1) is 20.1. The van der Waals surface area contributed by atoms with Crippen LogP contribution in [-0.4, -0.2) is 29.7 Å². The molecule has 2 heteroatoms. The lowest BCUT2D eigenvalue weighted by Gasteiger charge is -2.33. The topological polar surface area (TPSA) is 23.5 Å². The lowest BCUT2D eigenvalue weighted by atomic mass is 9.76. The third kappa shape index (κ3) is 5.67. The summed E-state index contributed by atoms with van der Waals surface area (Å²) in [7, 11) is 0. The lowest BCUT2D eigenvalue weighted by molar-refractivity contribution is 0.167. The summed E-state index contributed by atoms with van der Waals surface area (Å²) in [5, 5.41) is 9.90. The number of piperidine rings is 1. The summed E-state index contributed by atoms with van der Waals surface area (Å²) in [5.74, 6) is 0.915. The molecule has 0 aromatic heterocycles. The third-order valence-corrected chi connectivity index (χ3v) is 5.96. The van der Waals surface area contributed by atoms with E-state index in [1.807, 2.05) is 0 Å². The molecular formula is C25H35NO. The largest absolute Gasteiger partial charge is 0.396 e. The van der Waals surface area contributed by atoms with Gasteiger partial charge in [0.15, 0.2) is 0 Å². The minimum absolute atomic E-state index is 0.0741. The molecule has 1 N–H and O–H groups in total. The number of likely N-dealkylation sites (tertiary alicyclic amines) is 1. The number of hydrogen-bond acceptors (Lipinski definition) is 2. The highest BCUT2D eigenvalue weighted by Gasteiger charge is 2.26. The van der Waals surface area contributed by atoms with E-state index >= 15 is 0 Å². The Labute approximate surface area is 165 Å². The van der Waals surface area contributed by atoms with Crippen molar-refractivity contribution in [2.45, 2.75) is 52.5 Å². The van der Waals surface area contributed by atoms with E-state index in [-0.39, 0.29) is 17.9 Å². The van der Waals surface area contributed by atoms with Crippen LogP contribution in [-0.2, 0) is 13.0 Å². The molecule has 1 fully saturated rings. The van der Waals surface area contributed by atoms with Gasteiger partial charge in [0.2, 0.25) is 0 Å². The molecule has 1 heterocycles. The van der Waals surface area contributed by atoms with E-state index in [4.69, 9.17) is 0 Å². The Balaban J connectivity index is 1.64. The molecule has 0 unspecified atom stereocenters. The highest BCUT2D eigenvalue weighted by atomic mass is 16.3. The summed E-state index contributed by atoms with van der Waals surface area (Å²) in [4.78, 5) is 2.61. The predicted molar refractivity (Wildman–Crippen MR) is 114 cm³/mol. The number of aliphatic hydroxyl groups is 1. The van der Waals surface area contributed by atoms with Crippen molar-refractivity contribution in [3.8, 4) is 0 Å². The van der Waals surface area contributed by atoms with Crippen LogP contribution in [0.3, 0.4) is 0 Å². The van der Waals surface area contributed by atoms with Crippen LogP contribution in [0.1, 0.15) is 56.2 Å². The van der Waals surface area contributed by atoms with Crippen molar-refractivity contribution in [3.05, 3.63) is 71.3 Å². The maximum absolute atomic E-state index is 9.90. The summed E-state index contributed by atoms with van der Waals surface area (Å²) >= 11 is 0. The minimum Gasteiger partial charge on any atom is -0.396 e. The van der Waals surface area contributed by atoms with Crippen molar-refractivity contribution in [2.24, 2.45) is 11.3 Å². The van der Waals surface area contributed by atoms with Gasteiger partial charge >= 0.3 is 0 Å². The zero-order valence-corrected chi connectivity index (χ0v) is 17.2. The number of benzene rings is 2. The Morgan fingerprint density at radius 2 is 1.78 bits per heavy atom. The van der Waals surface area contributed by atoms with Gasteiger partial charge in [-0.1, -0.05) is 75.4 Å². The van der Waals surface area contributed by atoms with E-state index in [0.29, 0.717) is 0 Å². The summed E-state index contributed by atoms with van der Waals surface area (Å²) in [6.07, 6.45) is 3.75. The minimum atomic E-state index is 0.0741. The van der Waals surface area contributed by atoms with E-state index in [0.717, 1.165) is 18.9 Å². The van der Waals surface area contributed by atoms with Crippen molar-refractivity contribution in [3.63, 3.8) is 0 Å². The molecule has 0 radical (unpaired) electrons. The molecule has 0 bridgehead atoms. The first-order valence-corrected chi connectivity index (χ1v) is 10.4. The quantitative estimate of drug-likeness (QED) is 0.754. The van der Waals surface area contributed by atoms with Crippen molar-refractivity contribution in [1.29, 1.82) is 0 Å². The number of hydrogen-bond donors (Lipinski definition) is 1. The van der Waals surface area contributed by atoms with E-state index in [2.05, 4.69) is 80.3 Å². The van der Waals surface area contributed by atoms with E-state index in [1.54, 1.807) is 0 Å². The Hall–Kier alpha value is -1.64. The van der Waals surface area contributed by atoms with Gasteiger partial charge in [-0.25, -0.2) is 0 Å². The van der Waals surface area contributed by atoms with Crippen LogP contribution in [0.4, 0.5) is 0 Å². The second-order valence-corrected chi connectivity index (χ2v) is 9.28. The van der Waals surface area contributed by atoms with E-state index in [9.17, 15) is 5.11 Å². The molecule has 1 aliphatic heterocycles. The summed E-state index contributed by atoms with van der Waals surface area (Å²) < 4.78 is 0. The van der Waals surface area contributed by atoms with E-state index < -0.39 is 0 Å². The fourth-order valence-corrected chi connectivity index (χ4v) is 4.45. The van der Waals surface area contributed by atoms with Crippen LogP contribution in [0.2, 0.25) is 0 Å². The first-order valence-electron chi connectivity index (χ1n) is 10.4. The van der Waals surface area contributed by atoms with Crippen LogP contribution in [0.15, 0.2) is 54.6 Å². The second kappa shape index (κ2) is 9.03. The molecule has 0 saturated carbocycles. The van der Waals surface area contributed by atoms with Gasteiger partial charge in [0.05, 0.1) is 6.61 Å². The molecule has 0 spiro atoms. The molecule has 3 rings (SSSR count). The molecule has 0 aliphatic carbocycles. The zero-order chi connectivity index (χ0) is 19.3. The summed E-state index contributed by atoms with van der Waals surface area (Å²) in [6, 6.07) is 19.8. The van der Waals surface area contributed by atoms with Crippen molar-refractivity contribution in [2.75, 3.05) is 19.7 Å². The molecule has 2 atom stereocenters. The van der Waals surface area contributed by atoms with Gasteiger partial charge in [-0.15, -0.1) is 0 Å². The van der Waals surface area contributed by atoms with Crippen LogP contribution in [0.5, 0.6) is 0 Å². The Morgan fingerprint density at radius 1 is 1.04 bits per heavy atom. The van der Waals surface area contributed by atoms with Gasteiger partial charge in [0.25, 0.3) is 0 Å².